The van der Waals surface area contributed by atoms with Crippen LogP contribution >= 0.6 is 0 Å². The number of hydrogen-bond acceptors (Lipinski definition) is 5. The summed E-state index contributed by atoms with van der Waals surface area (Å²) in [6.45, 7) is 5.32. The van der Waals surface area contributed by atoms with E-state index in [0.717, 1.165) is 32.4 Å². The Labute approximate surface area is 176 Å². The van der Waals surface area contributed by atoms with Crippen molar-refractivity contribution in [1.82, 2.24) is 10.2 Å². The largest absolute Gasteiger partial charge is 0.378 e. The minimum atomic E-state index is 0.0345. The molecule has 1 saturated heterocycles. The van der Waals surface area contributed by atoms with E-state index in [-0.39, 0.29) is 11.9 Å². The molecule has 164 valence electrons. The number of nitrogens with two attached hydrogens (primary N) is 1. The van der Waals surface area contributed by atoms with Gasteiger partial charge in [-0.3, -0.25) is 9.69 Å². The fraction of sp³-hybridized carbons (Fsp3) is 0.696. The maximum atomic E-state index is 12.5. The standard InChI is InChI=1S/C23H39N3O3/c24-13-17-28-19-20-29-18-14-25-23(27)22-12-8-16-26(22)15-7-2-1-4-9-21-10-5-3-6-11-21/h3,5-6,10-11,22H,1-2,4,7-9,12-20,24H2,(H,25,27). The molecule has 6 nitrogen and oxygen atoms in total. The lowest BCUT2D eigenvalue weighted by Crippen LogP contribution is -2.44. The summed E-state index contributed by atoms with van der Waals surface area (Å²) in [5, 5.41) is 3.02. The normalized spacial score (nSPS) is 16.9. The van der Waals surface area contributed by atoms with Gasteiger partial charge in [-0.05, 0) is 50.8 Å². The van der Waals surface area contributed by atoms with E-state index in [0.29, 0.717) is 39.5 Å². The van der Waals surface area contributed by atoms with Crippen molar-refractivity contribution in [1.29, 1.82) is 0 Å². The van der Waals surface area contributed by atoms with E-state index in [1.807, 2.05) is 0 Å². The van der Waals surface area contributed by atoms with Crippen LogP contribution in [0.5, 0.6) is 0 Å². The Morgan fingerprint density at radius 3 is 2.59 bits per heavy atom. The lowest BCUT2D eigenvalue weighted by molar-refractivity contribution is -0.125. The zero-order valence-corrected chi connectivity index (χ0v) is 17.8. The van der Waals surface area contributed by atoms with Gasteiger partial charge in [-0.15, -0.1) is 0 Å². The summed E-state index contributed by atoms with van der Waals surface area (Å²) >= 11 is 0. The summed E-state index contributed by atoms with van der Waals surface area (Å²) in [4.78, 5) is 14.8. The number of nitrogens with zero attached hydrogens (tertiary/aromatic N) is 1. The predicted octanol–water partition coefficient (Wildman–Crippen LogP) is 2.36. The van der Waals surface area contributed by atoms with E-state index in [4.69, 9.17) is 15.2 Å². The first-order chi connectivity index (χ1) is 14.3. The van der Waals surface area contributed by atoms with Crippen LogP contribution < -0.4 is 11.1 Å². The maximum absolute atomic E-state index is 12.5. The van der Waals surface area contributed by atoms with Gasteiger partial charge in [-0.25, -0.2) is 0 Å². The Balaban J connectivity index is 1.49. The van der Waals surface area contributed by atoms with Crippen molar-refractivity contribution in [3.05, 3.63) is 35.9 Å². The number of unbranched alkanes of at least 4 members (excludes halogenated alkanes) is 3. The van der Waals surface area contributed by atoms with Crippen LogP contribution in [0.1, 0.15) is 44.1 Å². The minimum absolute atomic E-state index is 0.0345. The van der Waals surface area contributed by atoms with Gasteiger partial charge in [0.05, 0.1) is 32.5 Å². The van der Waals surface area contributed by atoms with Crippen LogP contribution in [-0.4, -0.2) is 69.5 Å². The Bertz CT molecular complexity index is 541. The van der Waals surface area contributed by atoms with Crippen molar-refractivity contribution < 1.29 is 14.3 Å². The number of nitrogens with one attached hydrogen (secondary N) is 1. The van der Waals surface area contributed by atoms with Crippen LogP contribution in [0.15, 0.2) is 30.3 Å². The highest BCUT2D eigenvalue weighted by molar-refractivity contribution is 5.82. The van der Waals surface area contributed by atoms with Gasteiger partial charge in [-0.2, -0.15) is 0 Å². The number of amides is 1. The first kappa shape index (κ1) is 23.8. The summed E-state index contributed by atoms with van der Waals surface area (Å²) in [7, 11) is 0. The van der Waals surface area contributed by atoms with Gasteiger partial charge < -0.3 is 20.5 Å². The molecule has 0 aromatic heterocycles. The van der Waals surface area contributed by atoms with Gasteiger partial charge in [0.2, 0.25) is 5.91 Å². The third-order valence-electron chi connectivity index (χ3n) is 5.35. The summed E-state index contributed by atoms with van der Waals surface area (Å²) in [5.74, 6) is 0.148. The molecule has 1 aromatic carbocycles. The number of aryl methyl sites for hydroxylation is 1. The molecule has 0 bridgehead atoms. The minimum Gasteiger partial charge on any atom is -0.378 e. The quantitative estimate of drug-likeness (QED) is 0.413. The average Bonchev–Trinajstić information content (AvgIpc) is 3.22. The van der Waals surface area contributed by atoms with Crippen molar-refractivity contribution in [2.75, 3.05) is 52.6 Å². The first-order valence-electron chi connectivity index (χ1n) is 11.2. The van der Waals surface area contributed by atoms with Crippen molar-refractivity contribution in [3.8, 4) is 0 Å². The first-order valence-corrected chi connectivity index (χ1v) is 11.2. The summed E-state index contributed by atoms with van der Waals surface area (Å²) < 4.78 is 10.7. The van der Waals surface area contributed by atoms with Gasteiger partial charge in [0.25, 0.3) is 0 Å². The molecule has 1 amide bonds. The van der Waals surface area contributed by atoms with Crippen molar-refractivity contribution in [2.24, 2.45) is 5.73 Å². The molecular formula is C23H39N3O3. The molecule has 2 rings (SSSR count). The van der Waals surface area contributed by atoms with E-state index in [1.54, 1.807) is 0 Å². The second-order valence-corrected chi connectivity index (χ2v) is 7.65. The third-order valence-corrected chi connectivity index (χ3v) is 5.35. The molecule has 3 N–H and O–H groups in total. The van der Waals surface area contributed by atoms with E-state index in [1.165, 1.54) is 31.2 Å². The van der Waals surface area contributed by atoms with Gasteiger partial charge in [0.15, 0.2) is 0 Å². The van der Waals surface area contributed by atoms with E-state index in [2.05, 4.69) is 40.5 Å². The van der Waals surface area contributed by atoms with Crippen molar-refractivity contribution in [3.63, 3.8) is 0 Å². The highest BCUT2D eigenvalue weighted by Gasteiger charge is 2.29. The number of ether oxygens (including phenoxy) is 2. The van der Waals surface area contributed by atoms with Crippen molar-refractivity contribution >= 4 is 5.91 Å². The molecule has 29 heavy (non-hydrogen) atoms. The molecule has 1 heterocycles. The molecule has 1 aromatic rings. The third kappa shape index (κ3) is 10.2. The van der Waals surface area contributed by atoms with Gasteiger partial charge >= 0.3 is 0 Å². The maximum Gasteiger partial charge on any atom is 0.237 e. The average molecular weight is 406 g/mol. The van der Waals surface area contributed by atoms with Crippen LogP contribution in [0.3, 0.4) is 0 Å². The second kappa shape index (κ2) is 15.4. The van der Waals surface area contributed by atoms with E-state index in [9.17, 15) is 4.79 Å². The van der Waals surface area contributed by atoms with Crippen molar-refractivity contribution in [2.45, 2.75) is 51.0 Å². The lowest BCUT2D eigenvalue weighted by Gasteiger charge is -2.23. The number of benzene rings is 1. The monoisotopic (exact) mass is 405 g/mol. The number of carbonyl (C=O) groups excluding carboxylic acids is 1. The zero-order valence-electron chi connectivity index (χ0n) is 17.8. The predicted molar refractivity (Wildman–Crippen MR) is 117 cm³/mol. The second-order valence-electron chi connectivity index (χ2n) is 7.65. The fourth-order valence-corrected chi connectivity index (χ4v) is 3.80. The molecular weight excluding hydrogens is 366 g/mol. The Hall–Kier alpha value is -1.47. The molecule has 1 aliphatic heterocycles. The SMILES string of the molecule is NCCOCCOCCNC(=O)C1CCCN1CCCCCCc1ccccc1. The van der Waals surface area contributed by atoms with Gasteiger partial charge in [0.1, 0.15) is 0 Å². The zero-order chi connectivity index (χ0) is 20.6. The van der Waals surface area contributed by atoms with E-state index >= 15 is 0 Å². The van der Waals surface area contributed by atoms with Crippen LogP contribution in [-0.2, 0) is 20.7 Å². The van der Waals surface area contributed by atoms with Crippen LogP contribution in [0, 0.1) is 0 Å². The van der Waals surface area contributed by atoms with Crippen LogP contribution in [0.25, 0.3) is 0 Å². The highest BCUT2D eigenvalue weighted by Crippen LogP contribution is 2.18. The Morgan fingerprint density at radius 1 is 1.03 bits per heavy atom. The number of rotatable bonds is 16. The summed E-state index contributed by atoms with van der Waals surface area (Å²) in [6.07, 6.45) is 8.14. The fourth-order valence-electron chi connectivity index (χ4n) is 3.80. The Kier molecular flexibility index (Phi) is 12.6. The van der Waals surface area contributed by atoms with Gasteiger partial charge in [0, 0.05) is 13.1 Å². The molecule has 6 heteroatoms. The molecule has 0 aliphatic carbocycles. The molecule has 0 spiro atoms. The van der Waals surface area contributed by atoms with Crippen LogP contribution in [0.2, 0.25) is 0 Å². The molecule has 0 radical (unpaired) electrons. The highest BCUT2D eigenvalue weighted by atomic mass is 16.5. The lowest BCUT2D eigenvalue weighted by atomic mass is 10.1. The van der Waals surface area contributed by atoms with E-state index < -0.39 is 0 Å². The molecule has 1 atom stereocenters. The molecule has 1 fully saturated rings. The molecule has 0 saturated carbocycles. The number of carbonyl (C=O) groups is 1. The van der Waals surface area contributed by atoms with Crippen LogP contribution in [0.4, 0.5) is 0 Å². The van der Waals surface area contributed by atoms with Gasteiger partial charge in [-0.1, -0.05) is 43.2 Å². The Morgan fingerprint density at radius 2 is 1.79 bits per heavy atom. The number of likely N-dealkylation sites (tertiary alicyclic amines) is 1. The molecule has 1 unspecified atom stereocenters. The topological polar surface area (TPSA) is 76.8 Å². The summed E-state index contributed by atoms with van der Waals surface area (Å²) in [5.41, 5.74) is 6.78. The molecule has 1 aliphatic rings. The summed E-state index contributed by atoms with van der Waals surface area (Å²) in [6, 6.07) is 10.7. The number of hydrogen-bond donors (Lipinski definition) is 2. The smallest absolute Gasteiger partial charge is 0.237 e.